The Labute approximate surface area is 171 Å². The molecule has 0 saturated carbocycles. The molecule has 8 nitrogen and oxygen atoms in total. The molecule has 6 N–H and O–H groups in total. The molecular formula is C22H18N6O2. The van der Waals surface area contributed by atoms with Gasteiger partial charge in [0.2, 0.25) is 0 Å². The lowest BCUT2D eigenvalue weighted by atomic mass is 10.1. The van der Waals surface area contributed by atoms with E-state index in [-0.39, 0.29) is 11.6 Å². The average Bonchev–Trinajstić information content (AvgIpc) is 2.75. The molecule has 0 atom stereocenters. The molecule has 8 heteroatoms. The van der Waals surface area contributed by atoms with Crippen LogP contribution >= 0.6 is 0 Å². The van der Waals surface area contributed by atoms with Crippen LogP contribution in [0.1, 0.15) is 20.8 Å². The number of nitrogens with zero attached hydrogens (tertiary/aromatic N) is 2. The van der Waals surface area contributed by atoms with Crippen molar-refractivity contribution in [2.24, 2.45) is 5.73 Å². The fourth-order valence-electron chi connectivity index (χ4n) is 3.00. The summed E-state index contributed by atoms with van der Waals surface area (Å²) in [5.41, 5.74) is 14.7. The van der Waals surface area contributed by atoms with Crippen molar-refractivity contribution in [3.8, 4) is 0 Å². The number of nitrogens with one attached hydrogen (secondary N) is 2. The largest absolute Gasteiger partial charge is 0.399 e. The van der Waals surface area contributed by atoms with Gasteiger partial charge in [-0.1, -0.05) is 18.2 Å². The van der Waals surface area contributed by atoms with Gasteiger partial charge in [-0.15, -0.1) is 10.2 Å². The van der Waals surface area contributed by atoms with E-state index in [1.54, 1.807) is 42.5 Å². The van der Waals surface area contributed by atoms with Gasteiger partial charge < -0.3 is 22.1 Å². The van der Waals surface area contributed by atoms with E-state index in [4.69, 9.17) is 11.5 Å². The van der Waals surface area contributed by atoms with E-state index in [1.165, 1.54) is 0 Å². The maximum Gasteiger partial charge on any atom is 0.271 e. The van der Waals surface area contributed by atoms with Crippen LogP contribution in [0.5, 0.6) is 0 Å². The number of rotatable bonds is 5. The summed E-state index contributed by atoms with van der Waals surface area (Å²) in [5, 5.41) is 14.6. The average molecular weight is 398 g/mol. The lowest BCUT2D eigenvalue weighted by Gasteiger charge is -2.13. The van der Waals surface area contributed by atoms with Gasteiger partial charge in [0.15, 0.2) is 5.69 Å². The number of nitrogen functional groups attached to an aromatic ring is 1. The molecule has 0 fully saturated rings. The second-order valence-electron chi connectivity index (χ2n) is 6.59. The predicted octanol–water partition coefficient (Wildman–Crippen LogP) is 3.31. The monoisotopic (exact) mass is 398 g/mol. The van der Waals surface area contributed by atoms with Crippen LogP contribution in [0, 0.1) is 0 Å². The van der Waals surface area contributed by atoms with Crippen LogP contribution in [0.3, 0.4) is 0 Å². The Morgan fingerprint density at radius 1 is 0.833 bits per heavy atom. The number of hydrogen-bond acceptors (Lipinski definition) is 6. The maximum absolute atomic E-state index is 12.4. The summed E-state index contributed by atoms with van der Waals surface area (Å²) < 4.78 is 0. The highest BCUT2D eigenvalue weighted by Gasteiger charge is 2.16. The van der Waals surface area contributed by atoms with E-state index in [0.717, 1.165) is 0 Å². The third-order valence-electron chi connectivity index (χ3n) is 4.47. The summed E-state index contributed by atoms with van der Waals surface area (Å²) in [4.78, 5) is 24.3. The summed E-state index contributed by atoms with van der Waals surface area (Å²) in [6.07, 6.45) is 0. The smallest absolute Gasteiger partial charge is 0.271 e. The minimum atomic E-state index is -0.715. The van der Waals surface area contributed by atoms with Crippen molar-refractivity contribution in [2.45, 2.75) is 0 Å². The second-order valence-corrected chi connectivity index (χ2v) is 6.59. The molecular weight excluding hydrogens is 380 g/mol. The van der Waals surface area contributed by atoms with Gasteiger partial charge in [-0.05, 0) is 54.6 Å². The zero-order valence-electron chi connectivity index (χ0n) is 15.8. The number of nitrogens with two attached hydrogens (primary N) is 2. The SMILES string of the molecule is NC(=O)c1nnc2ccc(N)cc2c1Nc1ccc(C(=O)Nc2ccccc2)cc1. The Kier molecular flexibility index (Phi) is 4.96. The second kappa shape index (κ2) is 7.88. The van der Waals surface area contributed by atoms with Crippen molar-refractivity contribution in [1.29, 1.82) is 0 Å². The molecule has 0 aliphatic heterocycles. The molecule has 1 heterocycles. The molecule has 30 heavy (non-hydrogen) atoms. The van der Waals surface area contributed by atoms with Crippen LogP contribution in [0.2, 0.25) is 0 Å². The molecule has 1 aromatic heterocycles. The third-order valence-corrected chi connectivity index (χ3v) is 4.47. The first-order valence-electron chi connectivity index (χ1n) is 9.10. The van der Waals surface area contributed by atoms with E-state index in [9.17, 15) is 9.59 Å². The van der Waals surface area contributed by atoms with E-state index < -0.39 is 5.91 Å². The van der Waals surface area contributed by atoms with Crippen molar-refractivity contribution < 1.29 is 9.59 Å². The topological polar surface area (TPSA) is 136 Å². The normalized spacial score (nSPS) is 10.5. The van der Waals surface area contributed by atoms with Gasteiger partial charge in [-0.2, -0.15) is 0 Å². The fourth-order valence-corrected chi connectivity index (χ4v) is 3.00. The van der Waals surface area contributed by atoms with Gasteiger partial charge in [-0.3, -0.25) is 9.59 Å². The molecule has 0 spiro atoms. The molecule has 0 saturated heterocycles. The van der Waals surface area contributed by atoms with Gasteiger partial charge >= 0.3 is 0 Å². The molecule has 148 valence electrons. The van der Waals surface area contributed by atoms with Gasteiger partial charge in [-0.25, -0.2) is 0 Å². The first kappa shape index (κ1) is 18.9. The van der Waals surface area contributed by atoms with Gasteiger partial charge in [0.05, 0.1) is 11.2 Å². The highest BCUT2D eigenvalue weighted by atomic mass is 16.2. The zero-order chi connectivity index (χ0) is 21.1. The number of para-hydroxylation sites is 1. The fraction of sp³-hybridized carbons (Fsp3) is 0. The molecule has 0 radical (unpaired) electrons. The Morgan fingerprint density at radius 2 is 1.57 bits per heavy atom. The van der Waals surface area contributed by atoms with Crippen molar-refractivity contribution in [1.82, 2.24) is 10.2 Å². The first-order valence-corrected chi connectivity index (χ1v) is 9.10. The Bertz CT molecular complexity index is 1240. The van der Waals surface area contributed by atoms with E-state index in [1.807, 2.05) is 30.3 Å². The summed E-state index contributed by atoms with van der Waals surface area (Å²) in [5.74, 6) is -0.942. The van der Waals surface area contributed by atoms with Gasteiger partial charge in [0.25, 0.3) is 11.8 Å². The molecule has 0 aliphatic carbocycles. The highest BCUT2D eigenvalue weighted by molar-refractivity contribution is 6.07. The Balaban J connectivity index is 1.62. The third kappa shape index (κ3) is 3.88. The van der Waals surface area contributed by atoms with Crippen molar-refractivity contribution in [3.05, 3.63) is 84.1 Å². The van der Waals surface area contributed by atoms with Crippen LogP contribution in [0.25, 0.3) is 10.9 Å². The minimum Gasteiger partial charge on any atom is -0.399 e. The van der Waals surface area contributed by atoms with Crippen LogP contribution in [0.4, 0.5) is 22.7 Å². The number of carbonyl (C=O) groups is 2. The first-order chi connectivity index (χ1) is 14.5. The number of amides is 2. The lowest BCUT2D eigenvalue weighted by molar-refractivity contribution is 0.0993. The molecule has 0 unspecified atom stereocenters. The predicted molar refractivity (Wildman–Crippen MR) is 117 cm³/mol. The number of primary amides is 1. The summed E-state index contributed by atoms with van der Waals surface area (Å²) in [7, 11) is 0. The number of benzene rings is 3. The van der Waals surface area contributed by atoms with Crippen LogP contribution in [-0.4, -0.2) is 22.0 Å². The zero-order valence-corrected chi connectivity index (χ0v) is 15.8. The van der Waals surface area contributed by atoms with Gasteiger partial charge in [0.1, 0.15) is 0 Å². The standard InChI is InChI=1S/C22H18N6O2/c23-14-8-11-18-17(12-14)19(20(21(24)29)28-27-18)25-16-9-6-13(7-10-16)22(30)26-15-4-2-1-3-5-15/h1-12H,23H2,(H2,24,29)(H,25,27)(H,26,30). The van der Waals surface area contributed by atoms with E-state index in [0.29, 0.717) is 39.2 Å². The number of aromatic nitrogens is 2. The number of fused-ring (bicyclic) bond motifs is 1. The Morgan fingerprint density at radius 3 is 2.27 bits per heavy atom. The molecule has 4 rings (SSSR count). The Hall–Kier alpha value is -4.46. The van der Waals surface area contributed by atoms with Gasteiger partial charge in [0, 0.05) is 28.0 Å². The number of anilines is 4. The number of carbonyl (C=O) groups excluding carboxylic acids is 2. The van der Waals surface area contributed by atoms with E-state index in [2.05, 4.69) is 20.8 Å². The van der Waals surface area contributed by atoms with Crippen molar-refractivity contribution in [2.75, 3.05) is 16.4 Å². The summed E-state index contributed by atoms with van der Waals surface area (Å²) >= 11 is 0. The van der Waals surface area contributed by atoms with Crippen LogP contribution in [0.15, 0.2) is 72.8 Å². The van der Waals surface area contributed by atoms with Crippen molar-refractivity contribution >= 4 is 45.5 Å². The molecule has 0 bridgehead atoms. The quantitative estimate of drug-likeness (QED) is 0.381. The molecule has 2 amide bonds. The number of hydrogen-bond donors (Lipinski definition) is 4. The summed E-state index contributed by atoms with van der Waals surface area (Å²) in [6.45, 7) is 0. The highest BCUT2D eigenvalue weighted by Crippen LogP contribution is 2.29. The van der Waals surface area contributed by atoms with Crippen LogP contribution in [-0.2, 0) is 0 Å². The minimum absolute atomic E-state index is 0.000929. The maximum atomic E-state index is 12.4. The van der Waals surface area contributed by atoms with E-state index >= 15 is 0 Å². The van der Waals surface area contributed by atoms with Crippen LogP contribution < -0.4 is 22.1 Å². The van der Waals surface area contributed by atoms with Crippen molar-refractivity contribution in [3.63, 3.8) is 0 Å². The molecule has 4 aromatic rings. The molecule has 3 aromatic carbocycles. The summed E-state index contributed by atoms with van der Waals surface area (Å²) in [6, 6.07) is 21.1. The molecule has 0 aliphatic rings. The lowest BCUT2D eigenvalue weighted by Crippen LogP contribution is -2.16.